The number of benzene rings is 1. The maximum atomic E-state index is 3.40. The lowest BCUT2D eigenvalue weighted by Gasteiger charge is -2.23. The average molecular weight is 192 g/mol. The van der Waals surface area contributed by atoms with Crippen LogP contribution in [-0.2, 0) is 0 Å². The van der Waals surface area contributed by atoms with Crippen LogP contribution in [0.5, 0.6) is 0 Å². The number of nitrogens with zero attached hydrogens (tertiary/aromatic N) is 1. The number of rotatable bonds is 5. The first-order valence-corrected chi connectivity index (χ1v) is 5.23. The average Bonchev–Trinajstić information content (AvgIpc) is 2.19. The second kappa shape index (κ2) is 5.66. The smallest absolute Gasteiger partial charge is 0.0364 e. The largest absolute Gasteiger partial charge is 0.373 e. The van der Waals surface area contributed by atoms with E-state index in [1.807, 2.05) is 6.07 Å². The summed E-state index contributed by atoms with van der Waals surface area (Å²) >= 11 is 0. The predicted octanol–water partition coefficient (Wildman–Crippen LogP) is 2.12. The maximum Gasteiger partial charge on any atom is 0.0364 e. The normalized spacial score (nSPS) is 12.5. The minimum atomic E-state index is 0.533. The van der Waals surface area contributed by atoms with E-state index in [-0.39, 0.29) is 0 Å². The van der Waals surface area contributed by atoms with Crippen molar-refractivity contribution in [3.05, 3.63) is 30.3 Å². The van der Waals surface area contributed by atoms with Crippen LogP contribution in [0.1, 0.15) is 13.8 Å². The molecule has 0 aliphatic carbocycles. The third-order valence-electron chi connectivity index (χ3n) is 2.30. The van der Waals surface area contributed by atoms with Crippen molar-refractivity contribution in [2.45, 2.75) is 19.9 Å². The van der Waals surface area contributed by atoms with Crippen LogP contribution >= 0.6 is 0 Å². The Labute approximate surface area is 86.9 Å². The van der Waals surface area contributed by atoms with E-state index in [0.29, 0.717) is 6.04 Å². The summed E-state index contributed by atoms with van der Waals surface area (Å²) in [5.41, 5.74) is 1.28. The van der Waals surface area contributed by atoms with Gasteiger partial charge in [-0.2, -0.15) is 0 Å². The molecule has 2 heteroatoms. The molecule has 0 bridgehead atoms. The zero-order valence-electron chi connectivity index (χ0n) is 9.33. The summed E-state index contributed by atoms with van der Waals surface area (Å²) < 4.78 is 0. The van der Waals surface area contributed by atoms with Gasteiger partial charge in [0.25, 0.3) is 0 Å². The van der Waals surface area contributed by atoms with E-state index in [9.17, 15) is 0 Å². The summed E-state index contributed by atoms with van der Waals surface area (Å²) in [6, 6.07) is 11.0. The molecular formula is C12H20N2. The Morgan fingerprint density at radius 1 is 1.29 bits per heavy atom. The molecule has 0 aromatic heterocycles. The van der Waals surface area contributed by atoms with Crippen LogP contribution in [-0.4, -0.2) is 26.2 Å². The highest BCUT2D eigenvalue weighted by Gasteiger charge is 2.04. The van der Waals surface area contributed by atoms with Crippen LogP contribution in [0.15, 0.2) is 30.3 Å². The van der Waals surface area contributed by atoms with Gasteiger partial charge in [0.05, 0.1) is 0 Å². The van der Waals surface area contributed by atoms with Crippen molar-refractivity contribution in [3.8, 4) is 0 Å². The molecule has 1 aromatic carbocycles. The molecule has 2 nitrogen and oxygen atoms in total. The zero-order valence-corrected chi connectivity index (χ0v) is 9.33. The van der Waals surface area contributed by atoms with Gasteiger partial charge in [0.15, 0.2) is 0 Å². The Hall–Kier alpha value is -1.02. The summed E-state index contributed by atoms with van der Waals surface area (Å²) in [6.45, 7) is 6.42. The van der Waals surface area contributed by atoms with Crippen molar-refractivity contribution in [1.29, 1.82) is 0 Å². The van der Waals surface area contributed by atoms with E-state index in [1.165, 1.54) is 5.69 Å². The topological polar surface area (TPSA) is 15.3 Å². The lowest BCUT2D eigenvalue weighted by Crippen LogP contribution is -2.37. The molecule has 0 saturated carbocycles. The molecule has 0 saturated heterocycles. The van der Waals surface area contributed by atoms with E-state index >= 15 is 0 Å². The fourth-order valence-electron chi connectivity index (χ4n) is 1.61. The molecule has 0 spiro atoms. The van der Waals surface area contributed by atoms with Crippen molar-refractivity contribution < 1.29 is 0 Å². The Bertz CT molecular complexity index is 246. The Morgan fingerprint density at radius 3 is 2.50 bits per heavy atom. The Balaban J connectivity index is 2.46. The third-order valence-corrected chi connectivity index (χ3v) is 2.30. The Morgan fingerprint density at radius 2 is 1.93 bits per heavy atom. The number of para-hydroxylation sites is 1. The second-order valence-corrected chi connectivity index (χ2v) is 3.67. The first kappa shape index (κ1) is 11.1. The second-order valence-electron chi connectivity index (χ2n) is 3.67. The fraction of sp³-hybridized carbons (Fsp3) is 0.500. The lowest BCUT2D eigenvalue weighted by molar-refractivity contribution is 0.565. The van der Waals surface area contributed by atoms with E-state index in [4.69, 9.17) is 0 Å². The maximum absolute atomic E-state index is 3.40. The first-order valence-electron chi connectivity index (χ1n) is 5.23. The number of anilines is 1. The van der Waals surface area contributed by atoms with Crippen molar-refractivity contribution in [2.24, 2.45) is 0 Å². The number of hydrogen-bond donors (Lipinski definition) is 1. The predicted molar refractivity (Wildman–Crippen MR) is 62.9 cm³/mol. The number of nitrogens with one attached hydrogen (secondary N) is 1. The molecule has 0 amide bonds. The molecular weight excluding hydrogens is 172 g/mol. The van der Waals surface area contributed by atoms with Gasteiger partial charge in [-0.3, -0.25) is 0 Å². The molecule has 0 aliphatic rings. The van der Waals surface area contributed by atoms with Gasteiger partial charge in [0, 0.05) is 25.3 Å². The number of likely N-dealkylation sites (N-methyl/N-ethyl adjacent to an activating group) is 2. The van der Waals surface area contributed by atoms with Gasteiger partial charge in [-0.1, -0.05) is 25.1 Å². The van der Waals surface area contributed by atoms with Gasteiger partial charge < -0.3 is 10.2 Å². The van der Waals surface area contributed by atoms with E-state index < -0.39 is 0 Å². The van der Waals surface area contributed by atoms with Crippen LogP contribution < -0.4 is 10.2 Å². The summed E-state index contributed by atoms with van der Waals surface area (Å²) in [6.07, 6.45) is 0. The van der Waals surface area contributed by atoms with Crippen molar-refractivity contribution >= 4 is 5.69 Å². The molecule has 1 rings (SSSR count). The molecule has 0 aliphatic heterocycles. The first-order chi connectivity index (χ1) is 6.74. The van der Waals surface area contributed by atoms with Crippen molar-refractivity contribution in [2.75, 3.05) is 25.0 Å². The van der Waals surface area contributed by atoms with E-state index in [0.717, 1.165) is 13.1 Å². The van der Waals surface area contributed by atoms with Gasteiger partial charge in [0.2, 0.25) is 0 Å². The molecule has 1 atom stereocenters. The summed E-state index contributed by atoms with van der Waals surface area (Å²) in [5, 5.41) is 3.40. The highest BCUT2D eigenvalue weighted by Crippen LogP contribution is 2.10. The number of hydrogen-bond acceptors (Lipinski definition) is 2. The summed E-state index contributed by atoms with van der Waals surface area (Å²) in [4.78, 5) is 2.27. The standard InChI is InChI=1S/C12H20N2/c1-4-13-11(2)10-14(3)12-8-6-5-7-9-12/h5-9,11,13H,4,10H2,1-3H3. The molecule has 1 N–H and O–H groups in total. The molecule has 14 heavy (non-hydrogen) atoms. The third kappa shape index (κ3) is 3.38. The van der Waals surface area contributed by atoms with E-state index in [1.54, 1.807) is 0 Å². The minimum absolute atomic E-state index is 0.533. The van der Waals surface area contributed by atoms with Crippen LogP contribution in [0.2, 0.25) is 0 Å². The van der Waals surface area contributed by atoms with Crippen molar-refractivity contribution in [3.63, 3.8) is 0 Å². The molecule has 1 aromatic rings. The van der Waals surface area contributed by atoms with Gasteiger partial charge in [0.1, 0.15) is 0 Å². The quantitative estimate of drug-likeness (QED) is 0.768. The van der Waals surface area contributed by atoms with Gasteiger partial charge in [-0.15, -0.1) is 0 Å². The summed E-state index contributed by atoms with van der Waals surface area (Å²) in [7, 11) is 2.13. The zero-order chi connectivity index (χ0) is 10.4. The molecule has 78 valence electrons. The van der Waals surface area contributed by atoms with E-state index in [2.05, 4.69) is 55.4 Å². The molecule has 1 unspecified atom stereocenters. The SMILES string of the molecule is CCNC(C)CN(C)c1ccccc1. The highest BCUT2D eigenvalue weighted by atomic mass is 15.1. The van der Waals surface area contributed by atoms with Gasteiger partial charge >= 0.3 is 0 Å². The monoisotopic (exact) mass is 192 g/mol. The van der Waals surface area contributed by atoms with Crippen LogP contribution in [0.4, 0.5) is 5.69 Å². The molecule has 0 fully saturated rings. The highest BCUT2D eigenvalue weighted by molar-refractivity contribution is 5.45. The fourth-order valence-corrected chi connectivity index (χ4v) is 1.61. The molecule has 0 heterocycles. The Kier molecular flexibility index (Phi) is 4.47. The molecule has 0 radical (unpaired) electrons. The lowest BCUT2D eigenvalue weighted by atomic mass is 10.2. The van der Waals surface area contributed by atoms with Crippen LogP contribution in [0, 0.1) is 0 Å². The minimum Gasteiger partial charge on any atom is -0.373 e. The van der Waals surface area contributed by atoms with Crippen molar-refractivity contribution in [1.82, 2.24) is 5.32 Å². The van der Waals surface area contributed by atoms with Crippen LogP contribution in [0.3, 0.4) is 0 Å². The van der Waals surface area contributed by atoms with Gasteiger partial charge in [-0.25, -0.2) is 0 Å². The summed E-state index contributed by atoms with van der Waals surface area (Å²) in [5.74, 6) is 0. The van der Waals surface area contributed by atoms with Crippen LogP contribution in [0.25, 0.3) is 0 Å². The van der Waals surface area contributed by atoms with Gasteiger partial charge in [-0.05, 0) is 25.6 Å².